The third-order valence-electron chi connectivity index (χ3n) is 3.96. The molecule has 0 rings (SSSR count). The minimum absolute atomic E-state index is 0.200. The Morgan fingerprint density at radius 3 is 1.82 bits per heavy atom. The van der Waals surface area contributed by atoms with Gasteiger partial charge >= 0.3 is 18.0 Å². The van der Waals surface area contributed by atoms with Crippen LogP contribution in [0.2, 0.25) is 0 Å². The first kappa shape index (κ1) is 31.5. The van der Waals surface area contributed by atoms with Crippen LogP contribution in [-0.2, 0) is 23.8 Å². The number of quaternary nitrogens is 1. The van der Waals surface area contributed by atoms with Crippen LogP contribution in [0.15, 0.2) is 0 Å². The summed E-state index contributed by atoms with van der Waals surface area (Å²) in [5.41, 5.74) is -1.78. The highest BCUT2D eigenvalue weighted by Crippen LogP contribution is 2.15. The molecule has 1 amide bonds. The van der Waals surface area contributed by atoms with Crippen LogP contribution >= 0.6 is 11.8 Å². The standard InChI is InChI=1S/C24H46N2O6S/c1-22(2,3)30-19(27)17-26(10,11)14-12-15-33-16-13-18(20(28)31-23(4,5)6)25-21(29)32-24(7,8)9/h18H,12-17H2,1-11H3/p+1. The van der Waals surface area contributed by atoms with Gasteiger partial charge in [0.25, 0.3) is 0 Å². The number of rotatable bonds is 11. The summed E-state index contributed by atoms with van der Waals surface area (Å²) in [5.74, 6) is 0.889. The van der Waals surface area contributed by atoms with Gasteiger partial charge in [-0.3, -0.25) is 0 Å². The second-order valence-electron chi connectivity index (χ2n) is 11.9. The molecule has 0 bridgehead atoms. The molecular weight excluding hydrogens is 444 g/mol. The fraction of sp³-hybridized carbons (Fsp3) is 0.875. The molecule has 9 heteroatoms. The van der Waals surface area contributed by atoms with Crippen molar-refractivity contribution in [2.45, 2.75) is 98.0 Å². The average molecular weight is 492 g/mol. The fourth-order valence-corrected chi connectivity index (χ4v) is 3.71. The highest BCUT2D eigenvalue weighted by Gasteiger charge is 2.29. The van der Waals surface area contributed by atoms with Gasteiger partial charge in [0, 0.05) is 6.42 Å². The van der Waals surface area contributed by atoms with Gasteiger partial charge in [0.15, 0.2) is 6.54 Å². The quantitative estimate of drug-likeness (QED) is 0.201. The molecule has 1 unspecified atom stereocenters. The monoisotopic (exact) mass is 491 g/mol. The predicted molar refractivity (Wildman–Crippen MR) is 133 cm³/mol. The SMILES string of the molecule is CC(C)(C)OC(=O)C[N+](C)(C)CCCSCCC(NC(=O)OC(C)(C)C)C(=O)OC(C)(C)C. The van der Waals surface area contributed by atoms with Gasteiger partial charge in [-0.15, -0.1) is 0 Å². The van der Waals surface area contributed by atoms with Crippen molar-refractivity contribution < 1.29 is 33.1 Å². The molecule has 0 aliphatic rings. The fourth-order valence-electron chi connectivity index (χ4n) is 2.77. The molecule has 0 radical (unpaired) electrons. The van der Waals surface area contributed by atoms with E-state index in [4.69, 9.17) is 14.2 Å². The van der Waals surface area contributed by atoms with Crippen molar-refractivity contribution in [1.82, 2.24) is 5.32 Å². The maximum atomic E-state index is 12.6. The molecule has 0 saturated heterocycles. The van der Waals surface area contributed by atoms with E-state index < -0.39 is 34.9 Å². The Balaban J connectivity index is 4.58. The highest BCUT2D eigenvalue weighted by atomic mass is 32.2. The van der Waals surface area contributed by atoms with Crippen molar-refractivity contribution in [1.29, 1.82) is 0 Å². The Kier molecular flexibility index (Phi) is 12.3. The Morgan fingerprint density at radius 2 is 1.33 bits per heavy atom. The number of hydrogen-bond donors (Lipinski definition) is 1. The van der Waals surface area contributed by atoms with E-state index >= 15 is 0 Å². The third kappa shape index (κ3) is 18.6. The van der Waals surface area contributed by atoms with Crippen LogP contribution in [-0.4, -0.2) is 84.1 Å². The van der Waals surface area contributed by atoms with Gasteiger partial charge in [0.05, 0.1) is 20.6 Å². The second-order valence-corrected chi connectivity index (χ2v) is 13.1. The van der Waals surface area contributed by atoms with Crippen LogP contribution in [0.4, 0.5) is 4.79 Å². The van der Waals surface area contributed by atoms with Crippen LogP contribution in [0.5, 0.6) is 0 Å². The Bertz CT molecular complexity index is 645. The van der Waals surface area contributed by atoms with E-state index in [9.17, 15) is 14.4 Å². The third-order valence-corrected chi connectivity index (χ3v) is 5.06. The minimum Gasteiger partial charge on any atom is -0.458 e. The van der Waals surface area contributed by atoms with Crippen molar-refractivity contribution in [3.63, 3.8) is 0 Å². The molecule has 0 spiro atoms. The van der Waals surface area contributed by atoms with Gasteiger partial charge in [-0.1, -0.05) is 0 Å². The summed E-state index contributed by atoms with van der Waals surface area (Å²) in [6, 6.07) is -0.772. The van der Waals surface area contributed by atoms with Gasteiger partial charge in [0.1, 0.15) is 22.8 Å². The first-order chi connectivity index (χ1) is 14.7. The number of nitrogens with one attached hydrogen (secondary N) is 1. The van der Waals surface area contributed by atoms with E-state index in [2.05, 4.69) is 5.32 Å². The Morgan fingerprint density at radius 1 is 0.818 bits per heavy atom. The van der Waals surface area contributed by atoms with Gasteiger partial charge < -0.3 is 24.0 Å². The van der Waals surface area contributed by atoms with Crippen molar-refractivity contribution in [3.05, 3.63) is 0 Å². The number of ether oxygens (including phenoxy) is 3. The zero-order valence-electron chi connectivity index (χ0n) is 22.6. The van der Waals surface area contributed by atoms with Crippen LogP contribution in [0.3, 0.4) is 0 Å². The summed E-state index contributed by atoms with van der Waals surface area (Å²) in [7, 11) is 4.02. The molecule has 0 saturated carbocycles. The number of hydrogen-bond acceptors (Lipinski definition) is 7. The van der Waals surface area contributed by atoms with Crippen molar-refractivity contribution in [2.24, 2.45) is 0 Å². The molecule has 8 nitrogen and oxygen atoms in total. The minimum atomic E-state index is -0.772. The lowest BCUT2D eigenvalue weighted by Gasteiger charge is -2.30. The van der Waals surface area contributed by atoms with Crippen molar-refractivity contribution in [3.8, 4) is 0 Å². The molecule has 0 aliphatic heterocycles. The smallest absolute Gasteiger partial charge is 0.408 e. The molecule has 1 atom stereocenters. The molecule has 0 fully saturated rings. The van der Waals surface area contributed by atoms with Crippen LogP contribution in [0.1, 0.15) is 75.2 Å². The van der Waals surface area contributed by atoms with E-state index in [0.717, 1.165) is 18.7 Å². The maximum absolute atomic E-state index is 12.6. The van der Waals surface area contributed by atoms with E-state index in [0.29, 0.717) is 23.2 Å². The lowest BCUT2D eigenvalue weighted by molar-refractivity contribution is -0.883. The van der Waals surface area contributed by atoms with Crippen molar-refractivity contribution in [2.75, 3.05) is 38.7 Å². The lowest BCUT2D eigenvalue weighted by atomic mass is 10.1. The Hall–Kier alpha value is -1.48. The normalized spacial score (nSPS) is 13.8. The Labute approximate surface area is 205 Å². The molecular formula is C24H47N2O6S+. The van der Waals surface area contributed by atoms with E-state index in [1.54, 1.807) is 53.3 Å². The summed E-state index contributed by atoms with van der Waals surface area (Å²) in [5, 5.41) is 2.65. The number of carbonyl (C=O) groups is 3. The molecule has 1 N–H and O–H groups in total. The first-order valence-electron chi connectivity index (χ1n) is 11.5. The molecule has 0 aromatic rings. The number of alkyl carbamates (subject to hydrolysis) is 1. The largest absolute Gasteiger partial charge is 0.458 e. The predicted octanol–water partition coefficient (Wildman–Crippen LogP) is 4.15. The van der Waals surface area contributed by atoms with Gasteiger partial charge in [-0.05, 0) is 80.2 Å². The molecule has 194 valence electrons. The van der Waals surface area contributed by atoms with Gasteiger partial charge in [-0.25, -0.2) is 14.4 Å². The number of nitrogens with zero attached hydrogens (tertiary/aromatic N) is 1. The number of esters is 2. The number of likely N-dealkylation sites (N-methyl/N-ethyl adjacent to an activating group) is 1. The highest BCUT2D eigenvalue weighted by molar-refractivity contribution is 7.99. The molecule has 0 aromatic heterocycles. The molecule has 33 heavy (non-hydrogen) atoms. The average Bonchev–Trinajstić information content (AvgIpc) is 2.50. The van der Waals surface area contributed by atoms with Crippen LogP contribution < -0.4 is 5.32 Å². The molecule has 0 aliphatic carbocycles. The number of amides is 1. The summed E-state index contributed by atoms with van der Waals surface area (Å²) < 4.78 is 16.7. The summed E-state index contributed by atoms with van der Waals surface area (Å²) in [4.78, 5) is 36.8. The van der Waals surface area contributed by atoms with E-state index in [1.165, 1.54) is 0 Å². The number of thioether (sulfide) groups is 1. The van der Waals surface area contributed by atoms with Crippen molar-refractivity contribution >= 4 is 29.8 Å². The molecule has 0 aromatic carbocycles. The zero-order chi connectivity index (χ0) is 26.1. The van der Waals surface area contributed by atoms with Gasteiger partial charge in [-0.2, -0.15) is 11.8 Å². The second kappa shape index (κ2) is 12.8. The van der Waals surface area contributed by atoms with E-state index in [-0.39, 0.29) is 5.97 Å². The number of carbonyl (C=O) groups excluding carboxylic acids is 3. The topological polar surface area (TPSA) is 90.9 Å². The van der Waals surface area contributed by atoms with Crippen LogP contribution in [0.25, 0.3) is 0 Å². The zero-order valence-corrected chi connectivity index (χ0v) is 23.4. The maximum Gasteiger partial charge on any atom is 0.408 e. The van der Waals surface area contributed by atoms with Gasteiger partial charge in [0.2, 0.25) is 0 Å². The van der Waals surface area contributed by atoms with Crippen LogP contribution in [0, 0.1) is 0 Å². The summed E-state index contributed by atoms with van der Waals surface area (Å²) >= 11 is 1.70. The summed E-state index contributed by atoms with van der Waals surface area (Å²) in [6.07, 6.45) is 0.719. The lowest BCUT2D eigenvalue weighted by Crippen LogP contribution is -2.46. The summed E-state index contributed by atoms with van der Waals surface area (Å²) in [6.45, 7) is 17.4. The molecule has 0 heterocycles. The van der Waals surface area contributed by atoms with E-state index in [1.807, 2.05) is 34.9 Å². The first-order valence-corrected chi connectivity index (χ1v) is 12.7.